The molecule has 6 unspecified atom stereocenters. The van der Waals surface area contributed by atoms with Crippen LogP contribution in [0.2, 0.25) is 0 Å². The van der Waals surface area contributed by atoms with Gasteiger partial charge in [-0.3, -0.25) is 29.0 Å². The van der Waals surface area contributed by atoms with Gasteiger partial charge in [0.15, 0.2) is 5.78 Å². The van der Waals surface area contributed by atoms with E-state index in [-0.39, 0.29) is 61.3 Å². The summed E-state index contributed by atoms with van der Waals surface area (Å²) >= 11 is 1.43. The van der Waals surface area contributed by atoms with Gasteiger partial charge in [-0.2, -0.15) is 0 Å². The predicted octanol–water partition coefficient (Wildman–Crippen LogP) is 3.93. The summed E-state index contributed by atoms with van der Waals surface area (Å²) in [4.78, 5) is 79.3. The number of nitrogens with two attached hydrogens (primary N) is 1. The van der Waals surface area contributed by atoms with Crippen LogP contribution in [0.5, 0.6) is 0 Å². The zero-order valence-electron chi connectivity index (χ0n) is 33.2. The number of thioether (sulfide) groups is 1. The van der Waals surface area contributed by atoms with Gasteiger partial charge in [0.2, 0.25) is 23.6 Å². The molecule has 5 rings (SSSR count). The lowest BCUT2D eigenvalue weighted by Gasteiger charge is -2.37. The summed E-state index contributed by atoms with van der Waals surface area (Å²) in [6.07, 6.45) is 11.7. The average Bonchev–Trinajstić information content (AvgIpc) is 3.75. The molecule has 2 aliphatic rings. The number of imidazole rings is 1. The van der Waals surface area contributed by atoms with Crippen LogP contribution in [-0.2, 0) is 30.4 Å². The van der Waals surface area contributed by atoms with E-state index in [1.165, 1.54) is 11.8 Å². The highest BCUT2D eigenvalue weighted by Gasteiger charge is 2.42. The average molecular weight is 803 g/mol. The van der Waals surface area contributed by atoms with Crippen LogP contribution in [0.25, 0.3) is 0 Å². The van der Waals surface area contributed by atoms with E-state index in [4.69, 9.17) is 5.73 Å². The van der Waals surface area contributed by atoms with Crippen molar-refractivity contribution in [3.05, 3.63) is 73.1 Å². The number of nitrogens with one attached hydrogen (secondary N) is 3. The van der Waals surface area contributed by atoms with Crippen molar-refractivity contribution >= 4 is 46.9 Å². The first-order chi connectivity index (χ1) is 27.4. The largest absolute Gasteiger partial charge is 0.391 e. The van der Waals surface area contributed by atoms with Gasteiger partial charge in [-0.25, -0.2) is 4.98 Å². The number of fused-ring (bicyclic) bond motifs is 1. The Bertz CT molecular complexity index is 1790. The summed E-state index contributed by atoms with van der Waals surface area (Å²) in [5, 5.41) is 20.3. The normalized spacial score (nSPS) is 17.8. The number of Topliss-reactive ketones (excluding diaryl/α,β-unsaturated/α-hetero) is 1. The van der Waals surface area contributed by atoms with Crippen molar-refractivity contribution < 1.29 is 29.1 Å². The van der Waals surface area contributed by atoms with Gasteiger partial charge in [0.1, 0.15) is 12.2 Å². The van der Waals surface area contributed by atoms with Gasteiger partial charge in [0.25, 0.3) is 0 Å². The van der Waals surface area contributed by atoms with E-state index >= 15 is 0 Å². The molecule has 1 saturated carbocycles. The fourth-order valence-electron chi connectivity index (χ4n) is 7.94. The third kappa shape index (κ3) is 12.2. The summed E-state index contributed by atoms with van der Waals surface area (Å²) in [6, 6.07) is 8.10. The van der Waals surface area contributed by atoms with E-state index in [0.717, 1.165) is 42.6 Å². The molecule has 1 aliphatic heterocycles. The molecular formula is C42H58N8O6S. The monoisotopic (exact) mass is 802 g/mol. The van der Waals surface area contributed by atoms with Crippen LogP contribution in [0.4, 0.5) is 5.69 Å². The minimum Gasteiger partial charge on any atom is -0.391 e. The number of nitrogens with zero attached hydrogens (tertiary/aromatic N) is 4. The van der Waals surface area contributed by atoms with Crippen molar-refractivity contribution in [1.29, 1.82) is 0 Å². The van der Waals surface area contributed by atoms with E-state index in [1.54, 1.807) is 40.6 Å². The number of aromatic nitrogens is 3. The van der Waals surface area contributed by atoms with Crippen LogP contribution in [0.1, 0.15) is 90.3 Å². The molecule has 3 heterocycles. The second kappa shape index (κ2) is 21.2. The second-order valence-corrected chi connectivity index (χ2v) is 16.6. The van der Waals surface area contributed by atoms with Gasteiger partial charge in [0.05, 0.1) is 42.5 Å². The van der Waals surface area contributed by atoms with E-state index in [9.17, 15) is 29.1 Å². The molecule has 308 valence electrons. The number of aliphatic hydroxyl groups is 1. The minimum absolute atomic E-state index is 0.00658. The van der Waals surface area contributed by atoms with Crippen LogP contribution < -0.4 is 26.6 Å². The van der Waals surface area contributed by atoms with Gasteiger partial charge in [-0.15, -0.1) is 11.8 Å². The summed E-state index contributed by atoms with van der Waals surface area (Å²) in [6.45, 7) is 5.96. The molecule has 1 aliphatic carbocycles. The van der Waals surface area contributed by atoms with E-state index in [0.29, 0.717) is 18.5 Å². The number of rotatable bonds is 20. The molecule has 0 radical (unpaired) electrons. The highest BCUT2D eigenvalue weighted by molar-refractivity contribution is 8.00. The minimum atomic E-state index is -1.31. The molecule has 57 heavy (non-hydrogen) atoms. The van der Waals surface area contributed by atoms with Gasteiger partial charge in [-0.05, 0) is 49.1 Å². The van der Waals surface area contributed by atoms with Crippen LogP contribution in [-0.4, -0.2) is 85.6 Å². The number of hydrogen-bond donors (Lipinski definition) is 5. The van der Waals surface area contributed by atoms with Gasteiger partial charge in [0, 0.05) is 54.8 Å². The number of anilines is 1. The fraction of sp³-hybridized carbons (Fsp3) is 0.548. The van der Waals surface area contributed by atoms with Crippen LogP contribution in [0.3, 0.4) is 0 Å². The first-order valence-electron chi connectivity index (χ1n) is 20.2. The maximum Gasteiger partial charge on any atom is 0.243 e. The lowest BCUT2D eigenvalue weighted by atomic mass is 9.71. The molecule has 0 spiro atoms. The first-order valence-corrected chi connectivity index (χ1v) is 21.2. The fourth-order valence-corrected chi connectivity index (χ4v) is 8.84. The highest BCUT2D eigenvalue weighted by Crippen LogP contribution is 2.35. The van der Waals surface area contributed by atoms with Crippen molar-refractivity contribution in [2.45, 2.75) is 120 Å². The lowest BCUT2D eigenvalue weighted by molar-refractivity contribution is -0.135. The van der Waals surface area contributed by atoms with Crippen LogP contribution >= 0.6 is 11.8 Å². The Balaban J connectivity index is 1.32. The summed E-state index contributed by atoms with van der Waals surface area (Å²) in [5.74, 6) is -2.43. The number of ketones is 1. The van der Waals surface area contributed by atoms with Crippen molar-refractivity contribution in [1.82, 2.24) is 30.5 Å². The van der Waals surface area contributed by atoms with Gasteiger partial charge in [-0.1, -0.05) is 70.4 Å². The molecule has 2 aromatic heterocycles. The number of benzene rings is 1. The molecule has 6 N–H and O–H groups in total. The lowest BCUT2D eigenvalue weighted by Crippen LogP contribution is -2.57. The SMILES string of the molecule is CCC(NC(=O)CC(O)C(N)C(C(=O)C(CC(C)C)NC(=O)C(Cc1ccccc1)NC(=O)CCN1C(=O)CSc2ccncc21)C1CCCCC1)n1ccnc1. The van der Waals surface area contributed by atoms with Crippen molar-refractivity contribution in [2.75, 3.05) is 17.2 Å². The zero-order chi connectivity index (χ0) is 40.9. The Kier molecular flexibility index (Phi) is 16.2. The molecule has 0 saturated heterocycles. The summed E-state index contributed by atoms with van der Waals surface area (Å²) < 4.78 is 1.77. The molecule has 1 fully saturated rings. The number of carbonyl (C=O) groups excluding carboxylic acids is 5. The molecule has 3 aromatic rings. The predicted molar refractivity (Wildman–Crippen MR) is 219 cm³/mol. The topological polar surface area (TPSA) is 202 Å². The quantitative estimate of drug-likeness (QED) is 0.112. The Hall–Kier alpha value is -4.60. The molecule has 1 aromatic carbocycles. The van der Waals surface area contributed by atoms with Crippen LogP contribution in [0.15, 0.2) is 72.4 Å². The zero-order valence-corrected chi connectivity index (χ0v) is 34.0. The second-order valence-electron chi connectivity index (χ2n) is 15.6. The number of pyridine rings is 1. The number of aliphatic hydroxyl groups excluding tert-OH is 1. The molecule has 14 nitrogen and oxygen atoms in total. The Morgan fingerprint density at radius 3 is 2.40 bits per heavy atom. The first kappa shape index (κ1) is 43.5. The Labute approximate surface area is 339 Å². The van der Waals surface area contributed by atoms with Crippen LogP contribution in [0, 0.1) is 17.8 Å². The molecule has 4 amide bonds. The standard InChI is InChI=1S/C42H58N8O6S/c1-4-35(49-20-18-45-26-49)48-37(53)23-33(51)40(43)39(29-13-9-6-10-14-29)41(55)30(21-27(2)3)47-42(56)31(22-28-11-7-5-8-12-28)46-36(52)16-19-50-32-24-44-17-15-34(32)57-25-38(50)54/h5,7-8,11-12,15,17-18,20,24,26-27,29-31,33,35,39-40,51H,4,6,9-10,13-14,16,19,21-23,25,43H2,1-3H3,(H,46,52)(H,47,56)(H,48,53). The molecular weight excluding hydrogens is 745 g/mol. The maximum absolute atomic E-state index is 14.8. The number of carbonyl (C=O) groups is 5. The summed E-state index contributed by atoms with van der Waals surface area (Å²) in [5.41, 5.74) is 8.26. The number of hydrogen-bond acceptors (Lipinski definition) is 10. The third-order valence-corrected chi connectivity index (χ3v) is 12.0. The molecule has 0 bridgehead atoms. The third-order valence-electron chi connectivity index (χ3n) is 10.9. The molecule has 6 atom stereocenters. The van der Waals surface area contributed by atoms with E-state index < -0.39 is 47.9 Å². The van der Waals surface area contributed by atoms with E-state index in [1.807, 2.05) is 57.2 Å². The molecule has 15 heteroatoms. The van der Waals surface area contributed by atoms with Crippen molar-refractivity contribution in [3.8, 4) is 0 Å². The van der Waals surface area contributed by atoms with E-state index in [2.05, 4.69) is 25.9 Å². The van der Waals surface area contributed by atoms with Gasteiger partial charge < -0.3 is 36.3 Å². The number of amides is 4. The van der Waals surface area contributed by atoms with Gasteiger partial charge >= 0.3 is 0 Å². The van der Waals surface area contributed by atoms with Crippen molar-refractivity contribution in [3.63, 3.8) is 0 Å². The maximum atomic E-state index is 14.8. The smallest absolute Gasteiger partial charge is 0.243 e. The Morgan fingerprint density at radius 1 is 0.965 bits per heavy atom. The highest BCUT2D eigenvalue weighted by atomic mass is 32.2. The Morgan fingerprint density at radius 2 is 1.72 bits per heavy atom. The summed E-state index contributed by atoms with van der Waals surface area (Å²) in [7, 11) is 0. The van der Waals surface area contributed by atoms with Crippen molar-refractivity contribution in [2.24, 2.45) is 23.5 Å².